The number of likely N-dealkylation sites (N-methyl/N-ethyl adjacent to an activating group) is 1. The van der Waals surface area contributed by atoms with Crippen molar-refractivity contribution in [1.29, 1.82) is 0 Å². The third-order valence-corrected chi connectivity index (χ3v) is 9.57. The number of carbonyl (C=O) groups excluding carboxylic acids is 2. The molecule has 0 aromatic heterocycles. The highest BCUT2D eigenvalue weighted by molar-refractivity contribution is 9.10. The average molecular weight is 713 g/mol. The highest BCUT2D eigenvalue weighted by Crippen LogP contribution is 2.27. The van der Waals surface area contributed by atoms with Gasteiger partial charge >= 0.3 is 0 Å². The standard InChI is InChI=1S/C32H31Br2N3O4S/c1-23-11-17-29(18-12-23)42(40,41)37(28-15-13-26(33)14-16-28)22-31(38)36(21-25-9-6-10-27(34)19-25)30(32(39)35-2)20-24-7-4-3-5-8-24/h3-19,30H,20-22H2,1-2H3,(H,35,39). The SMILES string of the molecule is CNC(=O)C(Cc1ccccc1)N(Cc1cccc(Br)c1)C(=O)CN(c1ccc(Br)cc1)S(=O)(=O)c1ccc(C)cc1. The molecule has 0 radical (unpaired) electrons. The van der Waals surface area contributed by atoms with Crippen molar-refractivity contribution in [2.24, 2.45) is 0 Å². The van der Waals surface area contributed by atoms with E-state index in [4.69, 9.17) is 0 Å². The van der Waals surface area contributed by atoms with Crippen LogP contribution >= 0.6 is 31.9 Å². The van der Waals surface area contributed by atoms with Gasteiger partial charge in [0.15, 0.2) is 0 Å². The number of nitrogens with one attached hydrogen (secondary N) is 1. The van der Waals surface area contributed by atoms with Crippen LogP contribution in [0.5, 0.6) is 0 Å². The molecule has 42 heavy (non-hydrogen) atoms. The number of carbonyl (C=O) groups is 2. The molecule has 0 bridgehead atoms. The average Bonchev–Trinajstić information content (AvgIpc) is 2.98. The topological polar surface area (TPSA) is 86.8 Å². The molecular weight excluding hydrogens is 682 g/mol. The van der Waals surface area contributed by atoms with Crippen LogP contribution < -0.4 is 9.62 Å². The van der Waals surface area contributed by atoms with Crippen molar-refractivity contribution in [2.45, 2.75) is 30.8 Å². The number of hydrogen-bond acceptors (Lipinski definition) is 4. The van der Waals surface area contributed by atoms with E-state index in [1.165, 1.54) is 24.1 Å². The van der Waals surface area contributed by atoms with Crippen LogP contribution in [0, 0.1) is 6.92 Å². The summed E-state index contributed by atoms with van der Waals surface area (Å²) in [7, 11) is -2.61. The van der Waals surface area contributed by atoms with Crippen molar-refractivity contribution >= 4 is 59.4 Å². The molecule has 4 aromatic carbocycles. The molecule has 4 aromatic rings. The van der Waals surface area contributed by atoms with Crippen molar-refractivity contribution < 1.29 is 18.0 Å². The van der Waals surface area contributed by atoms with E-state index < -0.39 is 28.5 Å². The molecule has 0 spiro atoms. The Kier molecular flexibility index (Phi) is 10.6. The quantitative estimate of drug-likeness (QED) is 0.204. The zero-order chi connectivity index (χ0) is 30.3. The van der Waals surface area contributed by atoms with E-state index in [1.807, 2.05) is 61.5 Å². The molecule has 7 nitrogen and oxygen atoms in total. The molecule has 0 aliphatic carbocycles. The molecule has 4 rings (SSSR count). The van der Waals surface area contributed by atoms with Gasteiger partial charge in [-0.15, -0.1) is 0 Å². The predicted molar refractivity (Wildman–Crippen MR) is 173 cm³/mol. The van der Waals surface area contributed by atoms with Crippen LogP contribution in [-0.2, 0) is 32.6 Å². The Labute approximate surface area is 263 Å². The lowest BCUT2D eigenvalue weighted by atomic mass is 10.0. The van der Waals surface area contributed by atoms with Gasteiger partial charge in [0, 0.05) is 29.0 Å². The van der Waals surface area contributed by atoms with Gasteiger partial charge in [0.05, 0.1) is 10.6 Å². The summed E-state index contributed by atoms with van der Waals surface area (Å²) in [5, 5.41) is 2.69. The van der Waals surface area contributed by atoms with Gasteiger partial charge in [-0.05, 0) is 66.6 Å². The van der Waals surface area contributed by atoms with Gasteiger partial charge in [-0.2, -0.15) is 0 Å². The van der Waals surface area contributed by atoms with Crippen LogP contribution in [0.1, 0.15) is 16.7 Å². The fraction of sp³-hybridized carbons (Fsp3) is 0.188. The number of amides is 2. The highest BCUT2D eigenvalue weighted by atomic mass is 79.9. The summed E-state index contributed by atoms with van der Waals surface area (Å²) in [6.45, 7) is 1.47. The van der Waals surface area contributed by atoms with Crippen molar-refractivity contribution in [2.75, 3.05) is 17.9 Å². The summed E-state index contributed by atoms with van der Waals surface area (Å²) in [5.74, 6) is -0.864. The molecule has 1 N–H and O–H groups in total. The number of hydrogen-bond donors (Lipinski definition) is 1. The molecule has 0 aliphatic rings. The minimum Gasteiger partial charge on any atom is -0.357 e. The summed E-state index contributed by atoms with van der Waals surface area (Å²) in [4.78, 5) is 29.1. The van der Waals surface area contributed by atoms with Crippen LogP contribution in [-0.4, -0.2) is 44.8 Å². The first-order valence-electron chi connectivity index (χ1n) is 13.2. The lowest BCUT2D eigenvalue weighted by molar-refractivity contribution is -0.139. The maximum atomic E-state index is 14.3. The Bertz CT molecular complexity index is 1630. The van der Waals surface area contributed by atoms with Crippen molar-refractivity contribution in [3.8, 4) is 0 Å². The van der Waals surface area contributed by atoms with Gasteiger partial charge in [0.25, 0.3) is 10.0 Å². The number of benzene rings is 4. The van der Waals surface area contributed by atoms with Crippen LogP contribution in [0.4, 0.5) is 5.69 Å². The first kappa shape index (κ1) is 31.5. The molecule has 0 saturated carbocycles. The number of anilines is 1. The van der Waals surface area contributed by atoms with E-state index in [2.05, 4.69) is 37.2 Å². The molecular formula is C32H31Br2N3O4S. The number of sulfonamides is 1. The Morgan fingerprint density at radius 2 is 1.45 bits per heavy atom. The van der Waals surface area contributed by atoms with Crippen LogP contribution in [0.25, 0.3) is 0 Å². The van der Waals surface area contributed by atoms with Gasteiger partial charge < -0.3 is 10.2 Å². The second-order valence-corrected chi connectivity index (χ2v) is 13.5. The van der Waals surface area contributed by atoms with Gasteiger partial charge in [-0.25, -0.2) is 8.42 Å². The molecule has 0 aliphatic heterocycles. The number of halogens is 2. The van der Waals surface area contributed by atoms with Crippen molar-refractivity contribution in [3.63, 3.8) is 0 Å². The molecule has 10 heteroatoms. The molecule has 0 fully saturated rings. The minimum atomic E-state index is -4.14. The summed E-state index contributed by atoms with van der Waals surface area (Å²) < 4.78 is 30.7. The molecule has 0 heterocycles. The van der Waals surface area contributed by atoms with E-state index in [-0.39, 0.29) is 23.8 Å². The normalized spacial score (nSPS) is 11.9. The lowest BCUT2D eigenvalue weighted by Gasteiger charge is -2.33. The van der Waals surface area contributed by atoms with E-state index in [0.29, 0.717) is 5.69 Å². The van der Waals surface area contributed by atoms with Crippen LogP contribution in [0.2, 0.25) is 0 Å². The second-order valence-electron chi connectivity index (χ2n) is 9.77. The van der Waals surface area contributed by atoms with E-state index in [9.17, 15) is 18.0 Å². The zero-order valence-corrected chi connectivity index (χ0v) is 27.2. The second kappa shape index (κ2) is 14.1. The molecule has 1 atom stereocenters. The number of aryl methyl sites for hydroxylation is 1. The molecule has 1 unspecified atom stereocenters. The van der Waals surface area contributed by atoms with Crippen LogP contribution in [0.3, 0.4) is 0 Å². The fourth-order valence-corrected chi connectivity index (χ4v) is 6.65. The van der Waals surface area contributed by atoms with E-state index >= 15 is 0 Å². The predicted octanol–water partition coefficient (Wildman–Crippen LogP) is 6.10. The Morgan fingerprint density at radius 3 is 2.07 bits per heavy atom. The van der Waals surface area contributed by atoms with Crippen LogP contribution in [0.15, 0.2) is 117 Å². The summed E-state index contributed by atoms with van der Waals surface area (Å²) in [5.41, 5.74) is 2.90. The fourth-order valence-electron chi connectivity index (χ4n) is 4.53. The lowest BCUT2D eigenvalue weighted by Crippen LogP contribution is -2.53. The first-order valence-corrected chi connectivity index (χ1v) is 16.3. The molecule has 218 valence electrons. The molecule has 2 amide bonds. The smallest absolute Gasteiger partial charge is 0.264 e. The Hall–Kier alpha value is -3.47. The largest absolute Gasteiger partial charge is 0.357 e. The van der Waals surface area contributed by atoms with Crippen molar-refractivity contribution in [3.05, 3.63) is 129 Å². The third kappa shape index (κ3) is 7.87. The molecule has 0 saturated heterocycles. The number of rotatable bonds is 11. The third-order valence-electron chi connectivity index (χ3n) is 6.76. The maximum Gasteiger partial charge on any atom is 0.264 e. The number of nitrogens with zero attached hydrogens (tertiary/aromatic N) is 2. The summed E-state index contributed by atoms with van der Waals surface area (Å²) in [6, 6.07) is 29.2. The van der Waals surface area contributed by atoms with Gasteiger partial charge in [-0.3, -0.25) is 13.9 Å². The summed E-state index contributed by atoms with van der Waals surface area (Å²) >= 11 is 6.88. The van der Waals surface area contributed by atoms with Gasteiger partial charge in [-0.1, -0.05) is 92.0 Å². The van der Waals surface area contributed by atoms with Gasteiger partial charge in [0.2, 0.25) is 11.8 Å². The maximum absolute atomic E-state index is 14.3. The van der Waals surface area contributed by atoms with Gasteiger partial charge in [0.1, 0.15) is 12.6 Å². The highest BCUT2D eigenvalue weighted by Gasteiger charge is 2.34. The van der Waals surface area contributed by atoms with E-state index in [1.54, 1.807) is 36.4 Å². The summed E-state index contributed by atoms with van der Waals surface area (Å²) in [6.07, 6.45) is 0.253. The first-order chi connectivity index (χ1) is 20.1. The Balaban J connectivity index is 1.78. The Morgan fingerprint density at radius 1 is 0.810 bits per heavy atom. The zero-order valence-electron chi connectivity index (χ0n) is 23.2. The van der Waals surface area contributed by atoms with E-state index in [0.717, 1.165) is 29.9 Å². The minimum absolute atomic E-state index is 0.0643. The monoisotopic (exact) mass is 711 g/mol. The van der Waals surface area contributed by atoms with Crippen molar-refractivity contribution in [1.82, 2.24) is 10.2 Å².